The lowest BCUT2D eigenvalue weighted by atomic mass is 9.89. The number of nitrogens with zero attached hydrogens (tertiary/aromatic N) is 1. The van der Waals surface area contributed by atoms with E-state index in [-0.39, 0.29) is 11.4 Å². The lowest BCUT2D eigenvalue weighted by Crippen LogP contribution is -2.54. The molecule has 0 aliphatic heterocycles. The molecular formula is C16H27FN2S. The fourth-order valence-electron chi connectivity index (χ4n) is 2.44. The van der Waals surface area contributed by atoms with Gasteiger partial charge in [0.1, 0.15) is 5.82 Å². The summed E-state index contributed by atoms with van der Waals surface area (Å²) in [6.07, 6.45) is 4.03. The molecule has 2 nitrogen and oxygen atoms in total. The summed E-state index contributed by atoms with van der Waals surface area (Å²) < 4.78 is 13.3. The van der Waals surface area contributed by atoms with Gasteiger partial charge in [-0.2, -0.15) is 11.8 Å². The molecule has 0 radical (unpaired) electrons. The highest BCUT2D eigenvalue weighted by Crippen LogP contribution is 2.23. The van der Waals surface area contributed by atoms with Gasteiger partial charge in [0.15, 0.2) is 0 Å². The molecular weight excluding hydrogens is 271 g/mol. The van der Waals surface area contributed by atoms with Crippen LogP contribution in [0.25, 0.3) is 0 Å². The second kappa shape index (κ2) is 8.01. The maximum Gasteiger partial charge on any atom is 0.123 e. The average molecular weight is 298 g/mol. The SMILES string of the molecule is CSCCC(C)N(C)C(C)(CN)Cc1cccc(F)c1. The van der Waals surface area contributed by atoms with Crippen LogP contribution in [0.5, 0.6) is 0 Å². The van der Waals surface area contributed by atoms with Gasteiger partial charge in [0.05, 0.1) is 0 Å². The second-order valence-corrected chi connectivity index (χ2v) is 6.73. The molecule has 0 bridgehead atoms. The van der Waals surface area contributed by atoms with E-state index in [0.717, 1.165) is 24.2 Å². The monoisotopic (exact) mass is 298 g/mol. The van der Waals surface area contributed by atoms with Gasteiger partial charge in [0, 0.05) is 18.1 Å². The molecule has 0 aliphatic rings. The standard InChI is InChI=1S/C16H27FN2S/c1-13(8-9-20-4)19(3)16(2,12-18)11-14-6-5-7-15(17)10-14/h5-7,10,13H,8-9,11-12,18H2,1-4H3. The number of benzene rings is 1. The molecule has 2 N–H and O–H groups in total. The third-order valence-corrected chi connectivity index (χ3v) is 4.81. The number of halogens is 1. The Hall–Kier alpha value is -0.580. The second-order valence-electron chi connectivity index (χ2n) is 5.75. The van der Waals surface area contributed by atoms with Crippen molar-refractivity contribution in [2.45, 2.75) is 38.3 Å². The zero-order valence-electron chi connectivity index (χ0n) is 13.0. The number of thioether (sulfide) groups is 1. The van der Waals surface area contributed by atoms with Crippen LogP contribution in [-0.4, -0.2) is 42.1 Å². The predicted molar refractivity (Wildman–Crippen MR) is 87.8 cm³/mol. The summed E-state index contributed by atoms with van der Waals surface area (Å²) in [5.74, 6) is 0.964. The number of likely N-dealkylation sites (N-methyl/N-ethyl adjacent to an activating group) is 1. The van der Waals surface area contributed by atoms with Crippen LogP contribution in [0.2, 0.25) is 0 Å². The van der Waals surface area contributed by atoms with Crippen LogP contribution in [-0.2, 0) is 6.42 Å². The van der Waals surface area contributed by atoms with Crippen molar-refractivity contribution in [1.29, 1.82) is 0 Å². The molecule has 2 unspecified atom stereocenters. The minimum absolute atomic E-state index is 0.147. The number of rotatable bonds is 8. The summed E-state index contributed by atoms with van der Waals surface area (Å²) in [7, 11) is 2.12. The summed E-state index contributed by atoms with van der Waals surface area (Å²) >= 11 is 1.86. The van der Waals surface area contributed by atoms with E-state index in [1.54, 1.807) is 12.1 Å². The predicted octanol–water partition coefficient (Wildman–Crippen LogP) is 3.16. The van der Waals surface area contributed by atoms with Gasteiger partial charge in [-0.15, -0.1) is 0 Å². The van der Waals surface area contributed by atoms with Crippen LogP contribution in [0, 0.1) is 5.82 Å². The molecule has 1 rings (SSSR count). The first-order valence-corrected chi connectivity index (χ1v) is 8.48. The van der Waals surface area contributed by atoms with Crippen LogP contribution in [0.1, 0.15) is 25.8 Å². The minimum Gasteiger partial charge on any atom is -0.329 e. The maximum atomic E-state index is 13.3. The topological polar surface area (TPSA) is 29.3 Å². The lowest BCUT2D eigenvalue weighted by Gasteiger charge is -2.42. The average Bonchev–Trinajstić information content (AvgIpc) is 2.43. The Bertz CT molecular complexity index is 413. The van der Waals surface area contributed by atoms with E-state index in [1.165, 1.54) is 6.07 Å². The van der Waals surface area contributed by atoms with E-state index in [2.05, 4.69) is 32.1 Å². The number of hydrogen-bond donors (Lipinski definition) is 1. The molecule has 2 atom stereocenters. The zero-order chi connectivity index (χ0) is 15.2. The minimum atomic E-state index is -0.181. The quantitative estimate of drug-likeness (QED) is 0.799. The van der Waals surface area contributed by atoms with E-state index in [4.69, 9.17) is 5.73 Å². The van der Waals surface area contributed by atoms with Gasteiger partial charge in [0.25, 0.3) is 0 Å². The highest BCUT2D eigenvalue weighted by Gasteiger charge is 2.31. The maximum absolute atomic E-state index is 13.3. The molecule has 0 aromatic heterocycles. The summed E-state index contributed by atoms with van der Waals surface area (Å²) in [6.45, 7) is 4.95. The van der Waals surface area contributed by atoms with Crippen LogP contribution < -0.4 is 5.73 Å². The largest absolute Gasteiger partial charge is 0.329 e. The summed E-state index contributed by atoms with van der Waals surface area (Å²) in [6, 6.07) is 7.28. The lowest BCUT2D eigenvalue weighted by molar-refractivity contribution is 0.0985. The molecule has 0 aliphatic carbocycles. The van der Waals surface area contributed by atoms with Gasteiger partial charge in [-0.3, -0.25) is 4.90 Å². The molecule has 0 saturated heterocycles. The Morgan fingerprint density at radius 3 is 2.70 bits per heavy atom. The Morgan fingerprint density at radius 2 is 2.15 bits per heavy atom. The highest BCUT2D eigenvalue weighted by atomic mass is 32.2. The van der Waals surface area contributed by atoms with Crippen molar-refractivity contribution in [1.82, 2.24) is 4.90 Å². The Kier molecular flexibility index (Phi) is 7.00. The van der Waals surface area contributed by atoms with Gasteiger partial charge < -0.3 is 5.73 Å². The van der Waals surface area contributed by atoms with E-state index in [1.807, 2.05) is 17.8 Å². The van der Waals surface area contributed by atoms with Crippen LogP contribution in [0.3, 0.4) is 0 Å². The van der Waals surface area contributed by atoms with Gasteiger partial charge in [0.2, 0.25) is 0 Å². The molecule has 1 aromatic carbocycles. The van der Waals surface area contributed by atoms with Crippen molar-refractivity contribution in [2.24, 2.45) is 5.73 Å². The zero-order valence-corrected chi connectivity index (χ0v) is 13.8. The Balaban J connectivity index is 2.79. The van der Waals surface area contributed by atoms with Crippen molar-refractivity contribution in [2.75, 3.05) is 25.6 Å². The first-order chi connectivity index (χ1) is 9.42. The molecule has 0 spiro atoms. The summed E-state index contributed by atoms with van der Waals surface area (Å²) in [5, 5.41) is 0. The smallest absolute Gasteiger partial charge is 0.123 e. The molecule has 114 valence electrons. The molecule has 20 heavy (non-hydrogen) atoms. The Labute approximate surface area is 126 Å². The van der Waals surface area contributed by atoms with Crippen molar-refractivity contribution in [3.8, 4) is 0 Å². The third kappa shape index (κ3) is 4.76. The first kappa shape index (κ1) is 17.5. The molecule has 0 amide bonds. The van der Waals surface area contributed by atoms with Crippen molar-refractivity contribution in [3.63, 3.8) is 0 Å². The molecule has 0 heterocycles. The number of nitrogens with two attached hydrogens (primary N) is 1. The third-order valence-electron chi connectivity index (χ3n) is 4.17. The van der Waals surface area contributed by atoms with Gasteiger partial charge in [-0.05, 0) is 63.4 Å². The highest BCUT2D eigenvalue weighted by molar-refractivity contribution is 7.98. The fraction of sp³-hybridized carbons (Fsp3) is 0.625. The van der Waals surface area contributed by atoms with Crippen molar-refractivity contribution in [3.05, 3.63) is 35.6 Å². The first-order valence-electron chi connectivity index (χ1n) is 7.09. The molecule has 4 heteroatoms. The molecule has 0 saturated carbocycles. The van der Waals surface area contributed by atoms with E-state index < -0.39 is 0 Å². The number of hydrogen-bond acceptors (Lipinski definition) is 3. The van der Waals surface area contributed by atoms with E-state index >= 15 is 0 Å². The van der Waals surface area contributed by atoms with Crippen LogP contribution in [0.4, 0.5) is 4.39 Å². The summed E-state index contributed by atoms with van der Waals surface area (Å²) in [4.78, 5) is 2.34. The van der Waals surface area contributed by atoms with Gasteiger partial charge in [-0.25, -0.2) is 4.39 Å². The molecule has 1 aromatic rings. The fourth-order valence-corrected chi connectivity index (χ4v) is 3.02. The Morgan fingerprint density at radius 1 is 1.45 bits per heavy atom. The van der Waals surface area contributed by atoms with Crippen LogP contribution >= 0.6 is 11.8 Å². The summed E-state index contributed by atoms with van der Waals surface area (Å²) in [5.41, 5.74) is 6.87. The van der Waals surface area contributed by atoms with Gasteiger partial charge >= 0.3 is 0 Å². The van der Waals surface area contributed by atoms with Crippen LogP contribution in [0.15, 0.2) is 24.3 Å². The van der Waals surface area contributed by atoms with E-state index in [9.17, 15) is 4.39 Å². The van der Waals surface area contributed by atoms with Crippen molar-refractivity contribution >= 4 is 11.8 Å². The van der Waals surface area contributed by atoms with E-state index in [0.29, 0.717) is 12.6 Å². The molecule has 0 fully saturated rings. The van der Waals surface area contributed by atoms with Crippen molar-refractivity contribution < 1.29 is 4.39 Å². The normalized spacial score (nSPS) is 16.1. The van der Waals surface area contributed by atoms with Gasteiger partial charge in [-0.1, -0.05) is 12.1 Å².